The topological polar surface area (TPSA) is 55.6 Å². The van der Waals surface area contributed by atoms with Gasteiger partial charge in [-0.2, -0.15) is 0 Å². The van der Waals surface area contributed by atoms with E-state index in [1.54, 1.807) is 11.0 Å². The van der Waals surface area contributed by atoms with E-state index < -0.39 is 0 Å². The van der Waals surface area contributed by atoms with E-state index in [2.05, 4.69) is 31.1 Å². The van der Waals surface area contributed by atoms with Crippen molar-refractivity contribution in [2.75, 3.05) is 13.1 Å². The van der Waals surface area contributed by atoms with Crippen molar-refractivity contribution >= 4 is 5.91 Å². The van der Waals surface area contributed by atoms with Crippen molar-refractivity contribution in [2.45, 2.75) is 39.7 Å². The number of amides is 1. The Bertz CT molecular complexity index is 700. The molecule has 1 aliphatic rings. The molecule has 122 valence electrons. The number of aryl methyl sites for hydroxylation is 3. The molecule has 0 spiro atoms. The van der Waals surface area contributed by atoms with Crippen LogP contribution in [0.5, 0.6) is 5.75 Å². The van der Waals surface area contributed by atoms with E-state index in [0.29, 0.717) is 18.8 Å². The van der Waals surface area contributed by atoms with Gasteiger partial charge in [-0.3, -0.25) is 4.79 Å². The molecular weight excluding hydrogens is 292 g/mol. The number of benzene rings is 1. The number of likely N-dealkylation sites (tertiary alicyclic amines) is 1. The monoisotopic (exact) mass is 314 g/mol. The molecule has 0 N–H and O–H groups in total. The SMILES string of the molecule is Cc1cc(C(=O)N2CCC(Oc3ccc(C)c(C)c3)CC2)on1. The van der Waals surface area contributed by atoms with Gasteiger partial charge in [-0.05, 0) is 44.0 Å². The quantitative estimate of drug-likeness (QED) is 0.872. The molecular formula is C18H22N2O3. The predicted octanol–water partition coefficient (Wildman–Crippen LogP) is 3.28. The molecule has 2 aromatic rings. The van der Waals surface area contributed by atoms with Gasteiger partial charge in [0, 0.05) is 32.0 Å². The first kappa shape index (κ1) is 15.6. The number of hydrogen-bond acceptors (Lipinski definition) is 4. The number of rotatable bonds is 3. The van der Waals surface area contributed by atoms with Crippen molar-refractivity contribution < 1.29 is 14.1 Å². The van der Waals surface area contributed by atoms with Gasteiger partial charge in [0.1, 0.15) is 11.9 Å². The zero-order chi connectivity index (χ0) is 16.4. The Kier molecular flexibility index (Phi) is 4.37. The molecule has 0 radical (unpaired) electrons. The summed E-state index contributed by atoms with van der Waals surface area (Å²) in [6.07, 6.45) is 1.80. The second-order valence-electron chi connectivity index (χ2n) is 6.19. The van der Waals surface area contributed by atoms with Gasteiger partial charge >= 0.3 is 0 Å². The molecule has 1 amide bonds. The van der Waals surface area contributed by atoms with Gasteiger partial charge in [0.25, 0.3) is 5.91 Å². The lowest BCUT2D eigenvalue weighted by atomic mass is 10.1. The van der Waals surface area contributed by atoms with Crippen LogP contribution in [0.25, 0.3) is 0 Å². The predicted molar refractivity (Wildman–Crippen MR) is 86.7 cm³/mol. The second-order valence-corrected chi connectivity index (χ2v) is 6.19. The van der Waals surface area contributed by atoms with Gasteiger partial charge in [-0.1, -0.05) is 11.2 Å². The van der Waals surface area contributed by atoms with Crippen LogP contribution in [0.2, 0.25) is 0 Å². The highest BCUT2D eigenvalue weighted by atomic mass is 16.5. The summed E-state index contributed by atoms with van der Waals surface area (Å²) in [5.41, 5.74) is 3.22. The molecule has 1 saturated heterocycles. The largest absolute Gasteiger partial charge is 0.490 e. The van der Waals surface area contributed by atoms with Crippen LogP contribution in [-0.4, -0.2) is 35.2 Å². The Balaban J connectivity index is 1.56. The fraction of sp³-hybridized carbons (Fsp3) is 0.444. The van der Waals surface area contributed by atoms with Crippen LogP contribution in [0.4, 0.5) is 0 Å². The summed E-state index contributed by atoms with van der Waals surface area (Å²) in [6, 6.07) is 7.84. The van der Waals surface area contributed by atoms with Crippen molar-refractivity contribution in [3.63, 3.8) is 0 Å². The summed E-state index contributed by atoms with van der Waals surface area (Å²) in [5, 5.41) is 3.77. The van der Waals surface area contributed by atoms with E-state index in [1.807, 2.05) is 13.0 Å². The van der Waals surface area contributed by atoms with Crippen LogP contribution < -0.4 is 4.74 Å². The molecule has 1 aliphatic heterocycles. The minimum Gasteiger partial charge on any atom is -0.490 e. The smallest absolute Gasteiger partial charge is 0.292 e. The van der Waals surface area contributed by atoms with E-state index in [0.717, 1.165) is 24.3 Å². The van der Waals surface area contributed by atoms with Gasteiger partial charge in [0.2, 0.25) is 5.76 Å². The van der Waals surface area contributed by atoms with Crippen LogP contribution in [-0.2, 0) is 0 Å². The lowest BCUT2D eigenvalue weighted by Crippen LogP contribution is -2.41. The van der Waals surface area contributed by atoms with Crippen molar-refractivity contribution in [1.29, 1.82) is 0 Å². The van der Waals surface area contributed by atoms with Crippen molar-refractivity contribution in [3.05, 3.63) is 46.8 Å². The van der Waals surface area contributed by atoms with Crippen molar-refractivity contribution in [2.24, 2.45) is 0 Å². The van der Waals surface area contributed by atoms with Crippen LogP contribution in [0.3, 0.4) is 0 Å². The normalized spacial score (nSPS) is 15.7. The number of ether oxygens (including phenoxy) is 1. The summed E-state index contributed by atoms with van der Waals surface area (Å²) in [7, 11) is 0. The summed E-state index contributed by atoms with van der Waals surface area (Å²) in [5.74, 6) is 1.13. The Morgan fingerprint density at radius 1 is 1.17 bits per heavy atom. The van der Waals surface area contributed by atoms with Gasteiger partial charge in [-0.15, -0.1) is 0 Å². The number of aromatic nitrogens is 1. The highest BCUT2D eigenvalue weighted by Gasteiger charge is 2.26. The first-order chi connectivity index (χ1) is 11.0. The number of carbonyl (C=O) groups is 1. The van der Waals surface area contributed by atoms with E-state index in [-0.39, 0.29) is 12.0 Å². The first-order valence-electron chi connectivity index (χ1n) is 7.99. The van der Waals surface area contributed by atoms with Crippen LogP contribution >= 0.6 is 0 Å². The number of hydrogen-bond donors (Lipinski definition) is 0. The highest BCUT2D eigenvalue weighted by Crippen LogP contribution is 2.22. The fourth-order valence-corrected chi connectivity index (χ4v) is 2.78. The third kappa shape index (κ3) is 3.55. The van der Waals surface area contributed by atoms with Crippen molar-refractivity contribution in [1.82, 2.24) is 10.1 Å². The van der Waals surface area contributed by atoms with Gasteiger partial charge < -0.3 is 14.2 Å². The maximum absolute atomic E-state index is 12.3. The molecule has 1 fully saturated rings. The Morgan fingerprint density at radius 2 is 1.91 bits per heavy atom. The van der Waals surface area contributed by atoms with Crippen LogP contribution in [0.15, 0.2) is 28.8 Å². The summed E-state index contributed by atoms with van der Waals surface area (Å²) in [4.78, 5) is 14.1. The van der Waals surface area contributed by atoms with Crippen molar-refractivity contribution in [3.8, 4) is 5.75 Å². The summed E-state index contributed by atoms with van der Waals surface area (Å²) < 4.78 is 11.1. The Labute approximate surface area is 136 Å². The fourth-order valence-electron chi connectivity index (χ4n) is 2.78. The standard InChI is InChI=1S/C18H22N2O3/c1-12-4-5-16(10-13(12)2)22-15-6-8-20(9-7-15)18(21)17-11-14(3)19-23-17/h4-5,10-11,15H,6-9H2,1-3H3. The molecule has 0 atom stereocenters. The molecule has 3 rings (SSSR count). The van der Waals surface area contributed by atoms with Gasteiger partial charge in [0.15, 0.2) is 0 Å². The Hall–Kier alpha value is -2.30. The second kappa shape index (κ2) is 6.44. The minimum absolute atomic E-state index is 0.0877. The van der Waals surface area contributed by atoms with Gasteiger partial charge in [-0.25, -0.2) is 0 Å². The zero-order valence-corrected chi connectivity index (χ0v) is 13.8. The molecule has 23 heavy (non-hydrogen) atoms. The summed E-state index contributed by atoms with van der Waals surface area (Å²) in [6.45, 7) is 7.34. The molecule has 1 aromatic heterocycles. The maximum atomic E-state index is 12.3. The van der Waals surface area contributed by atoms with E-state index in [4.69, 9.17) is 9.26 Å². The third-order valence-corrected chi connectivity index (χ3v) is 4.35. The van der Waals surface area contributed by atoms with E-state index in [9.17, 15) is 4.79 Å². The highest BCUT2D eigenvalue weighted by molar-refractivity contribution is 5.91. The number of carbonyl (C=O) groups excluding carboxylic acids is 1. The lowest BCUT2D eigenvalue weighted by molar-refractivity contribution is 0.0558. The molecule has 1 aromatic carbocycles. The lowest BCUT2D eigenvalue weighted by Gasteiger charge is -2.31. The van der Waals surface area contributed by atoms with Gasteiger partial charge in [0.05, 0.1) is 5.69 Å². The molecule has 5 nitrogen and oxygen atoms in total. The van der Waals surface area contributed by atoms with E-state index in [1.165, 1.54) is 11.1 Å². The molecule has 5 heteroatoms. The third-order valence-electron chi connectivity index (χ3n) is 4.35. The average Bonchev–Trinajstić information content (AvgIpc) is 2.97. The number of nitrogens with zero attached hydrogens (tertiary/aromatic N) is 2. The molecule has 0 aliphatic carbocycles. The first-order valence-corrected chi connectivity index (χ1v) is 7.99. The maximum Gasteiger partial charge on any atom is 0.292 e. The number of piperidine rings is 1. The van der Waals surface area contributed by atoms with Crippen LogP contribution in [0, 0.1) is 20.8 Å². The molecule has 2 heterocycles. The average molecular weight is 314 g/mol. The Morgan fingerprint density at radius 3 is 2.52 bits per heavy atom. The summed E-state index contributed by atoms with van der Waals surface area (Å²) >= 11 is 0. The van der Waals surface area contributed by atoms with Crippen LogP contribution in [0.1, 0.15) is 40.2 Å². The molecule has 0 saturated carbocycles. The molecule has 0 unspecified atom stereocenters. The van der Waals surface area contributed by atoms with E-state index >= 15 is 0 Å². The minimum atomic E-state index is -0.0877. The molecule has 0 bridgehead atoms. The zero-order valence-electron chi connectivity index (χ0n) is 13.8.